The van der Waals surface area contributed by atoms with Crippen molar-refractivity contribution in [1.29, 1.82) is 0 Å². The first kappa shape index (κ1) is 25.5. The zero-order valence-electron chi connectivity index (χ0n) is 22.6. The Hall–Kier alpha value is -2.74. The molecule has 2 aromatic rings. The van der Waals surface area contributed by atoms with Crippen LogP contribution in [0, 0.1) is 36.0 Å². The van der Waals surface area contributed by atoms with Gasteiger partial charge in [-0.15, -0.1) is 5.92 Å². The smallest absolute Gasteiger partial charge is 0.156 e. The molecule has 4 heteroatoms. The third-order valence-corrected chi connectivity index (χ3v) is 10.7. The predicted octanol–water partition coefficient (Wildman–Crippen LogP) is 7.77. The van der Waals surface area contributed by atoms with Crippen molar-refractivity contribution in [1.82, 2.24) is 0 Å². The third kappa shape index (κ3) is 4.25. The van der Waals surface area contributed by atoms with Crippen LogP contribution < -0.4 is 4.72 Å². The van der Waals surface area contributed by atoms with E-state index in [1.54, 1.807) is 17.5 Å². The molecule has 4 aliphatic rings. The monoisotopic (exact) mass is 523 g/mol. The molecule has 38 heavy (non-hydrogen) atoms. The van der Waals surface area contributed by atoms with Gasteiger partial charge >= 0.3 is 0 Å². The van der Waals surface area contributed by atoms with Crippen molar-refractivity contribution in [2.75, 3.05) is 4.72 Å². The molecule has 0 heterocycles. The van der Waals surface area contributed by atoms with E-state index in [9.17, 15) is 9.90 Å². The summed E-state index contributed by atoms with van der Waals surface area (Å²) in [6.45, 7) is 6.25. The van der Waals surface area contributed by atoms with E-state index < -0.39 is 5.60 Å². The minimum absolute atomic E-state index is 0.232. The molecule has 0 bridgehead atoms. The highest BCUT2D eigenvalue weighted by Gasteiger charge is 2.62. The van der Waals surface area contributed by atoms with Crippen molar-refractivity contribution in [2.24, 2.45) is 17.3 Å². The van der Waals surface area contributed by atoms with E-state index in [0.29, 0.717) is 18.3 Å². The van der Waals surface area contributed by atoms with Crippen LogP contribution in [0.25, 0.3) is 0 Å². The Bertz CT molecular complexity index is 1380. The second-order valence-electron chi connectivity index (χ2n) is 11.9. The summed E-state index contributed by atoms with van der Waals surface area (Å²) >= 11 is 1.63. The SMILES string of the molecule is CC#CC1(O)CCC2C3CCC4=CC(=O)CCC4=C3C(c3ccc(NSc4ccc(C)cc4)cc3)CC21C. The van der Waals surface area contributed by atoms with Gasteiger partial charge in [-0.1, -0.05) is 48.2 Å². The maximum atomic E-state index is 12.3. The first-order valence-electron chi connectivity index (χ1n) is 14.0. The number of allylic oxidation sites excluding steroid dienone is 4. The van der Waals surface area contributed by atoms with Crippen molar-refractivity contribution in [3.63, 3.8) is 0 Å². The van der Waals surface area contributed by atoms with E-state index in [-0.39, 0.29) is 17.1 Å². The number of rotatable bonds is 4. The number of hydrogen-bond acceptors (Lipinski definition) is 4. The molecule has 2 fully saturated rings. The fourth-order valence-corrected chi connectivity index (χ4v) is 8.53. The van der Waals surface area contributed by atoms with Gasteiger partial charge in [0.15, 0.2) is 5.78 Å². The molecule has 0 amide bonds. The second-order valence-corrected chi connectivity index (χ2v) is 12.8. The highest BCUT2D eigenvalue weighted by atomic mass is 32.2. The Morgan fingerprint density at radius 1 is 1.03 bits per heavy atom. The molecule has 2 saturated carbocycles. The molecule has 5 atom stereocenters. The molecular weight excluding hydrogens is 486 g/mol. The number of aliphatic hydroxyl groups is 1. The molecule has 0 aliphatic heterocycles. The average Bonchev–Trinajstić information content (AvgIpc) is 3.18. The van der Waals surface area contributed by atoms with Crippen LogP contribution in [0.3, 0.4) is 0 Å². The molecule has 0 spiro atoms. The van der Waals surface area contributed by atoms with E-state index in [2.05, 4.69) is 78.9 Å². The summed E-state index contributed by atoms with van der Waals surface area (Å²) in [4.78, 5) is 13.5. The van der Waals surface area contributed by atoms with Crippen LogP contribution in [0.2, 0.25) is 0 Å². The van der Waals surface area contributed by atoms with Crippen molar-refractivity contribution < 1.29 is 9.90 Å². The Balaban J connectivity index is 1.36. The summed E-state index contributed by atoms with van der Waals surface area (Å²) in [7, 11) is 0. The molecule has 0 saturated heterocycles. The van der Waals surface area contributed by atoms with E-state index in [0.717, 1.165) is 44.2 Å². The van der Waals surface area contributed by atoms with Gasteiger partial charge in [-0.25, -0.2) is 0 Å². The maximum absolute atomic E-state index is 12.3. The molecular formula is C34H37NO2S. The molecule has 6 rings (SSSR count). The normalized spacial score (nSPS) is 31.9. The van der Waals surface area contributed by atoms with Gasteiger partial charge in [0, 0.05) is 28.3 Å². The predicted molar refractivity (Wildman–Crippen MR) is 156 cm³/mol. The maximum Gasteiger partial charge on any atom is 0.156 e. The number of aryl methyl sites for hydroxylation is 1. The van der Waals surface area contributed by atoms with Crippen LogP contribution >= 0.6 is 11.9 Å². The zero-order chi connectivity index (χ0) is 26.5. The lowest BCUT2D eigenvalue weighted by Crippen LogP contribution is -2.51. The van der Waals surface area contributed by atoms with Gasteiger partial charge in [0.1, 0.15) is 5.60 Å². The zero-order valence-corrected chi connectivity index (χ0v) is 23.5. The van der Waals surface area contributed by atoms with Gasteiger partial charge in [-0.05, 0) is 123 Å². The molecule has 3 nitrogen and oxygen atoms in total. The highest BCUT2D eigenvalue weighted by Crippen LogP contribution is 2.66. The minimum atomic E-state index is -0.939. The molecule has 2 N–H and O–H groups in total. The van der Waals surface area contributed by atoms with E-state index in [1.807, 2.05) is 13.0 Å². The highest BCUT2D eigenvalue weighted by molar-refractivity contribution is 8.00. The van der Waals surface area contributed by atoms with E-state index in [1.165, 1.54) is 27.2 Å². The van der Waals surface area contributed by atoms with E-state index in [4.69, 9.17) is 0 Å². The summed E-state index contributed by atoms with van der Waals surface area (Å²) in [5.41, 5.74) is 6.73. The Kier molecular flexibility index (Phi) is 6.57. The number of carbonyl (C=O) groups is 1. The number of fused-ring (bicyclic) bond motifs is 4. The lowest BCUT2D eigenvalue weighted by atomic mass is 9.51. The number of anilines is 1. The fraction of sp³-hybridized carbons (Fsp3) is 0.441. The van der Waals surface area contributed by atoms with Crippen LogP contribution in [0.5, 0.6) is 0 Å². The molecule has 5 unspecified atom stereocenters. The number of carbonyl (C=O) groups excluding carboxylic acids is 1. The van der Waals surface area contributed by atoms with Gasteiger partial charge in [-0.3, -0.25) is 4.79 Å². The Morgan fingerprint density at radius 3 is 2.53 bits per heavy atom. The van der Waals surface area contributed by atoms with Gasteiger partial charge in [-0.2, -0.15) is 0 Å². The number of nitrogens with one attached hydrogen (secondary N) is 1. The summed E-state index contributed by atoms with van der Waals surface area (Å²) in [6, 6.07) is 17.4. The van der Waals surface area contributed by atoms with E-state index >= 15 is 0 Å². The average molecular weight is 524 g/mol. The third-order valence-electron chi connectivity index (χ3n) is 9.84. The summed E-state index contributed by atoms with van der Waals surface area (Å²) in [5, 5.41) is 11.8. The summed E-state index contributed by atoms with van der Waals surface area (Å²) < 4.78 is 3.49. The molecule has 2 aromatic carbocycles. The first-order chi connectivity index (χ1) is 18.3. The molecule has 4 aliphatic carbocycles. The van der Waals surface area contributed by atoms with Crippen LogP contribution in [-0.4, -0.2) is 16.5 Å². The Labute approximate surface area is 231 Å². The van der Waals surface area contributed by atoms with Crippen molar-refractivity contribution in [3.8, 4) is 11.8 Å². The van der Waals surface area contributed by atoms with Crippen molar-refractivity contribution >= 4 is 23.4 Å². The standard InChI is InChI=1S/C34H37NO2S/c1-4-18-34(37)19-17-31-29-15-9-24-20-26(36)12-16-28(24)32(29)30(21-33(31,34)3)23-7-10-25(11-8-23)35-38-27-13-5-22(2)6-14-27/h5-8,10-11,13-14,20,29-31,35,37H,9,12,15-17,19,21H2,1-3H3. The lowest BCUT2D eigenvalue weighted by Gasteiger charge is -2.53. The second kappa shape index (κ2) is 9.78. The molecule has 0 radical (unpaired) electrons. The van der Waals surface area contributed by atoms with Crippen LogP contribution in [-0.2, 0) is 4.79 Å². The summed E-state index contributed by atoms with van der Waals surface area (Å²) in [5.74, 6) is 7.69. The van der Waals surface area contributed by atoms with Crippen LogP contribution in [0.4, 0.5) is 5.69 Å². The van der Waals surface area contributed by atoms with Crippen molar-refractivity contribution in [2.45, 2.75) is 82.1 Å². The minimum Gasteiger partial charge on any atom is -0.377 e. The quantitative estimate of drug-likeness (QED) is 0.317. The fourth-order valence-electron chi connectivity index (χ4n) is 7.88. The van der Waals surface area contributed by atoms with Crippen molar-refractivity contribution in [3.05, 3.63) is 82.5 Å². The largest absolute Gasteiger partial charge is 0.377 e. The summed E-state index contributed by atoms with van der Waals surface area (Å²) in [6.07, 6.45) is 8.12. The number of ketones is 1. The topological polar surface area (TPSA) is 49.3 Å². The number of benzene rings is 2. The lowest BCUT2D eigenvalue weighted by molar-refractivity contribution is -0.114. The van der Waals surface area contributed by atoms with Gasteiger partial charge < -0.3 is 9.83 Å². The molecule has 196 valence electrons. The Morgan fingerprint density at radius 2 is 1.79 bits per heavy atom. The van der Waals surface area contributed by atoms with Crippen LogP contribution in [0.1, 0.15) is 75.8 Å². The number of hydrogen-bond donors (Lipinski definition) is 2. The molecule has 0 aromatic heterocycles. The van der Waals surface area contributed by atoms with Gasteiger partial charge in [0.05, 0.1) is 0 Å². The van der Waals surface area contributed by atoms with Gasteiger partial charge in [0.2, 0.25) is 0 Å². The van der Waals surface area contributed by atoms with Crippen LogP contribution in [0.15, 0.2) is 76.2 Å². The first-order valence-corrected chi connectivity index (χ1v) is 14.9. The van der Waals surface area contributed by atoms with Gasteiger partial charge in [0.25, 0.3) is 0 Å².